The number of hydrogen-bond donors (Lipinski definition) is 0. The second-order valence-corrected chi connectivity index (χ2v) is 7.51. The van der Waals surface area contributed by atoms with Gasteiger partial charge in [0.05, 0.1) is 13.2 Å². The third-order valence-electron chi connectivity index (χ3n) is 4.54. The second-order valence-electron chi connectivity index (χ2n) is 6.59. The van der Waals surface area contributed by atoms with Gasteiger partial charge < -0.3 is 19.1 Å². The van der Waals surface area contributed by atoms with Crippen LogP contribution in [0.15, 0.2) is 46.9 Å². The SMILES string of the molecule is COc1ccc(Br)cc1CN(C)C(=O)c1cccc(OCC2CCCO2)c1. The molecule has 3 rings (SSSR count). The number of carbonyl (C=O) groups excluding carboxylic acids is 1. The average Bonchev–Trinajstić information content (AvgIpc) is 3.20. The lowest BCUT2D eigenvalue weighted by Crippen LogP contribution is -2.26. The molecular weight excluding hydrogens is 410 g/mol. The lowest BCUT2D eigenvalue weighted by molar-refractivity contribution is 0.0678. The highest BCUT2D eigenvalue weighted by atomic mass is 79.9. The molecule has 0 spiro atoms. The smallest absolute Gasteiger partial charge is 0.254 e. The molecule has 6 heteroatoms. The molecule has 0 aliphatic carbocycles. The minimum absolute atomic E-state index is 0.0698. The molecule has 1 fully saturated rings. The Bertz CT molecular complexity index is 790. The van der Waals surface area contributed by atoms with Gasteiger partial charge >= 0.3 is 0 Å². The summed E-state index contributed by atoms with van der Waals surface area (Å²) in [4.78, 5) is 14.5. The van der Waals surface area contributed by atoms with Crippen LogP contribution in [-0.2, 0) is 11.3 Å². The van der Waals surface area contributed by atoms with Crippen LogP contribution >= 0.6 is 15.9 Å². The number of rotatable bonds is 7. The largest absolute Gasteiger partial charge is 0.496 e. The molecule has 1 heterocycles. The Kier molecular flexibility index (Phi) is 6.74. The number of benzene rings is 2. The number of carbonyl (C=O) groups is 1. The van der Waals surface area contributed by atoms with Gasteiger partial charge in [0.1, 0.15) is 18.1 Å². The van der Waals surface area contributed by atoms with Gasteiger partial charge in [-0.15, -0.1) is 0 Å². The summed E-state index contributed by atoms with van der Waals surface area (Å²) in [5.74, 6) is 1.37. The summed E-state index contributed by atoms with van der Waals surface area (Å²) in [5, 5.41) is 0. The zero-order chi connectivity index (χ0) is 19.2. The molecule has 144 valence electrons. The van der Waals surface area contributed by atoms with Gasteiger partial charge in [0.2, 0.25) is 0 Å². The first kappa shape index (κ1) is 19.7. The first-order valence-corrected chi connectivity index (χ1v) is 9.78. The fourth-order valence-electron chi connectivity index (χ4n) is 3.10. The van der Waals surface area contributed by atoms with Gasteiger partial charge in [-0.3, -0.25) is 4.79 Å². The summed E-state index contributed by atoms with van der Waals surface area (Å²) in [6.07, 6.45) is 2.25. The third-order valence-corrected chi connectivity index (χ3v) is 5.03. The number of nitrogens with zero attached hydrogens (tertiary/aromatic N) is 1. The van der Waals surface area contributed by atoms with Crippen molar-refractivity contribution in [2.45, 2.75) is 25.5 Å². The van der Waals surface area contributed by atoms with E-state index in [9.17, 15) is 4.79 Å². The van der Waals surface area contributed by atoms with E-state index in [1.54, 1.807) is 31.2 Å². The van der Waals surface area contributed by atoms with Crippen molar-refractivity contribution in [1.29, 1.82) is 0 Å². The summed E-state index contributed by atoms with van der Waals surface area (Å²) >= 11 is 3.47. The number of methoxy groups -OCH3 is 1. The van der Waals surface area contributed by atoms with Crippen LogP contribution in [0.4, 0.5) is 0 Å². The summed E-state index contributed by atoms with van der Waals surface area (Å²) in [7, 11) is 3.41. The van der Waals surface area contributed by atoms with Crippen LogP contribution < -0.4 is 9.47 Å². The quantitative estimate of drug-likeness (QED) is 0.653. The first-order chi connectivity index (χ1) is 13.1. The molecule has 1 aliphatic rings. The Balaban J connectivity index is 1.66. The molecule has 1 saturated heterocycles. The fraction of sp³-hybridized carbons (Fsp3) is 0.381. The van der Waals surface area contributed by atoms with Crippen LogP contribution in [0.3, 0.4) is 0 Å². The number of amides is 1. The number of halogens is 1. The molecule has 1 unspecified atom stereocenters. The lowest BCUT2D eigenvalue weighted by atomic mass is 10.1. The van der Waals surface area contributed by atoms with E-state index in [1.165, 1.54) is 0 Å². The molecule has 1 atom stereocenters. The van der Waals surface area contributed by atoms with Gasteiger partial charge in [0.15, 0.2) is 0 Å². The molecule has 2 aromatic carbocycles. The van der Waals surface area contributed by atoms with E-state index in [1.807, 2.05) is 30.3 Å². The Hall–Kier alpha value is -2.05. The molecule has 0 radical (unpaired) electrons. The molecule has 1 aliphatic heterocycles. The van der Waals surface area contributed by atoms with Gasteiger partial charge in [0, 0.05) is 35.8 Å². The topological polar surface area (TPSA) is 48.0 Å². The number of ether oxygens (including phenoxy) is 3. The van der Waals surface area contributed by atoms with Gasteiger partial charge in [0.25, 0.3) is 5.91 Å². The van der Waals surface area contributed by atoms with Gasteiger partial charge in [-0.25, -0.2) is 0 Å². The molecular formula is C21H24BrNO4. The van der Waals surface area contributed by atoms with Crippen molar-refractivity contribution in [3.63, 3.8) is 0 Å². The highest BCUT2D eigenvalue weighted by Gasteiger charge is 2.18. The van der Waals surface area contributed by atoms with Gasteiger partial charge in [-0.05, 0) is 49.2 Å². The van der Waals surface area contributed by atoms with Gasteiger partial charge in [-0.2, -0.15) is 0 Å². The van der Waals surface area contributed by atoms with Crippen LogP contribution in [0.25, 0.3) is 0 Å². The summed E-state index contributed by atoms with van der Waals surface area (Å²) in [6.45, 7) is 1.77. The zero-order valence-corrected chi connectivity index (χ0v) is 17.2. The molecule has 0 N–H and O–H groups in total. The minimum Gasteiger partial charge on any atom is -0.496 e. The third kappa shape index (κ3) is 5.23. The molecule has 5 nitrogen and oxygen atoms in total. The van der Waals surface area contributed by atoms with Crippen LogP contribution in [0, 0.1) is 0 Å². The van der Waals surface area contributed by atoms with E-state index in [2.05, 4.69) is 15.9 Å². The monoisotopic (exact) mass is 433 g/mol. The average molecular weight is 434 g/mol. The predicted octanol–water partition coefficient (Wildman–Crippen LogP) is 4.29. The summed E-state index contributed by atoms with van der Waals surface area (Å²) in [6, 6.07) is 13.1. The van der Waals surface area contributed by atoms with Crippen molar-refractivity contribution >= 4 is 21.8 Å². The van der Waals surface area contributed by atoms with Crippen molar-refractivity contribution in [2.75, 3.05) is 27.4 Å². The Labute approximate surface area is 168 Å². The van der Waals surface area contributed by atoms with Crippen LogP contribution in [0.1, 0.15) is 28.8 Å². The summed E-state index contributed by atoms with van der Waals surface area (Å²) < 4.78 is 17.7. The molecule has 27 heavy (non-hydrogen) atoms. The molecule has 0 bridgehead atoms. The van der Waals surface area contributed by atoms with Crippen molar-refractivity contribution in [2.24, 2.45) is 0 Å². The van der Waals surface area contributed by atoms with Crippen LogP contribution in [0.5, 0.6) is 11.5 Å². The Morgan fingerprint density at radius 3 is 2.89 bits per heavy atom. The maximum atomic E-state index is 12.8. The zero-order valence-electron chi connectivity index (χ0n) is 15.6. The van der Waals surface area contributed by atoms with Crippen LogP contribution in [-0.4, -0.2) is 44.3 Å². The van der Waals surface area contributed by atoms with E-state index in [0.717, 1.165) is 35.2 Å². The van der Waals surface area contributed by atoms with Crippen LogP contribution in [0.2, 0.25) is 0 Å². The molecule has 0 aromatic heterocycles. The lowest BCUT2D eigenvalue weighted by Gasteiger charge is -2.20. The van der Waals surface area contributed by atoms with Crippen molar-refractivity contribution in [1.82, 2.24) is 4.90 Å². The maximum Gasteiger partial charge on any atom is 0.254 e. The van der Waals surface area contributed by atoms with Gasteiger partial charge in [-0.1, -0.05) is 22.0 Å². The maximum absolute atomic E-state index is 12.8. The molecule has 0 saturated carbocycles. The Morgan fingerprint density at radius 1 is 1.30 bits per heavy atom. The Morgan fingerprint density at radius 2 is 2.15 bits per heavy atom. The highest BCUT2D eigenvalue weighted by molar-refractivity contribution is 9.10. The van der Waals surface area contributed by atoms with E-state index in [4.69, 9.17) is 14.2 Å². The highest BCUT2D eigenvalue weighted by Crippen LogP contribution is 2.25. The first-order valence-electron chi connectivity index (χ1n) is 8.99. The number of hydrogen-bond acceptors (Lipinski definition) is 4. The van der Waals surface area contributed by atoms with E-state index in [-0.39, 0.29) is 12.0 Å². The normalized spacial score (nSPS) is 16.2. The second kappa shape index (κ2) is 9.24. The summed E-state index contributed by atoms with van der Waals surface area (Å²) in [5.41, 5.74) is 1.53. The standard InChI is InChI=1S/C21H24BrNO4/c1-23(13-16-11-17(22)8-9-20(16)25-2)21(24)15-5-3-6-18(12-15)27-14-19-7-4-10-26-19/h3,5-6,8-9,11-12,19H,4,7,10,13-14H2,1-2H3. The van der Waals surface area contributed by atoms with Crippen molar-refractivity contribution < 1.29 is 19.0 Å². The van der Waals surface area contributed by atoms with E-state index >= 15 is 0 Å². The van der Waals surface area contributed by atoms with Crippen molar-refractivity contribution in [3.05, 3.63) is 58.1 Å². The molecule has 2 aromatic rings. The minimum atomic E-state index is -0.0698. The van der Waals surface area contributed by atoms with E-state index in [0.29, 0.717) is 24.5 Å². The fourth-order valence-corrected chi connectivity index (χ4v) is 3.51. The predicted molar refractivity (Wildman–Crippen MR) is 107 cm³/mol. The van der Waals surface area contributed by atoms with E-state index < -0.39 is 0 Å². The van der Waals surface area contributed by atoms with Crippen molar-refractivity contribution in [3.8, 4) is 11.5 Å². The molecule has 1 amide bonds.